The molecule has 0 aliphatic heterocycles. The fourth-order valence-corrected chi connectivity index (χ4v) is 2.77. The standard InChI is InChI=1S/C21H15N3O2/c25-21(26)17-5-3-4-15(12-17)16-8-7-14-9-10-20(23-18(14)13-16)24-19-6-1-2-11-22-19/h1-13H,(H,25,26)(H,22,23,24). The molecule has 2 aromatic carbocycles. The molecule has 0 fully saturated rings. The van der Waals surface area contributed by atoms with Crippen molar-refractivity contribution in [3.05, 3.63) is 84.6 Å². The Labute approximate surface area is 150 Å². The van der Waals surface area contributed by atoms with Crippen LogP contribution in [-0.4, -0.2) is 21.0 Å². The smallest absolute Gasteiger partial charge is 0.335 e. The van der Waals surface area contributed by atoms with Gasteiger partial charge in [-0.25, -0.2) is 14.8 Å². The van der Waals surface area contributed by atoms with Crippen molar-refractivity contribution < 1.29 is 9.90 Å². The van der Waals surface area contributed by atoms with E-state index in [9.17, 15) is 9.90 Å². The van der Waals surface area contributed by atoms with E-state index in [1.54, 1.807) is 24.4 Å². The molecule has 0 amide bonds. The summed E-state index contributed by atoms with van der Waals surface area (Å²) in [7, 11) is 0. The molecule has 126 valence electrons. The number of carbonyl (C=O) groups is 1. The van der Waals surface area contributed by atoms with Crippen molar-refractivity contribution in [1.82, 2.24) is 9.97 Å². The third kappa shape index (κ3) is 3.23. The van der Waals surface area contributed by atoms with Gasteiger partial charge in [0, 0.05) is 11.6 Å². The SMILES string of the molecule is O=C(O)c1cccc(-c2ccc3ccc(Nc4ccccn4)nc3c2)c1. The van der Waals surface area contributed by atoms with Crippen molar-refractivity contribution >= 4 is 28.5 Å². The second-order valence-corrected chi connectivity index (χ2v) is 5.83. The molecule has 26 heavy (non-hydrogen) atoms. The molecule has 0 aliphatic carbocycles. The number of rotatable bonds is 4. The number of aromatic carboxylic acids is 1. The quantitative estimate of drug-likeness (QED) is 0.561. The zero-order valence-electron chi connectivity index (χ0n) is 13.8. The lowest BCUT2D eigenvalue weighted by Crippen LogP contribution is -1.96. The number of carboxylic acids is 1. The van der Waals surface area contributed by atoms with Gasteiger partial charge >= 0.3 is 5.97 Å². The number of nitrogens with zero attached hydrogens (tertiary/aromatic N) is 2. The zero-order valence-corrected chi connectivity index (χ0v) is 13.8. The number of anilines is 2. The number of pyridine rings is 2. The summed E-state index contributed by atoms with van der Waals surface area (Å²) in [6.07, 6.45) is 1.72. The van der Waals surface area contributed by atoms with Crippen LogP contribution in [0, 0.1) is 0 Å². The normalized spacial score (nSPS) is 10.6. The molecule has 0 unspecified atom stereocenters. The van der Waals surface area contributed by atoms with Crippen molar-refractivity contribution in [3.8, 4) is 11.1 Å². The van der Waals surface area contributed by atoms with Crippen LogP contribution in [0.5, 0.6) is 0 Å². The van der Waals surface area contributed by atoms with Gasteiger partial charge in [-0.15, -0.1) is 0 Å². The summed E-state index contributed by atoms with van der Waals surface area (Å²) < 4.78 is 0. The highest BCUT2D eigenvalue weighted by atomic mass is 16.4. The Kier molecular flexibility index (Phi) is 4.03. The third-order valence-corrected chi connectivity index (χ3v) is 4.06. The number of carboxylic acid groups (broad SMARTS) is 1. The molecule has 0 spiro atoms. The molecule has 0 saturated heterocycles. The second-order valence-electron chi connectivity index (χ2n) is 5.83. The molecular weight excluding hydrogens is 326 g/mol. The first-order valence-corrected chi connectivity index (χ1v) is 8.12. The molecule has 0 radical (unpaired) electrons. The van der Waals surface area contributed by atoms with Gasteiger partial charge in [0.05, 0.1) is 11.1 Å². The molecule has 5 heteroatoms. The lowest BCUT2D eigenvalue weighted by atomic mass is 10.0. The predicted molar refractivity (Wildman–Crippen MR) is 102 cm³/mol. The second kappa shape index (κ2) is 6.64. The van der Waals surface area contributed by atoms with Crippen LogP contribution in [0.15, 0.2) is 79.0 Å². The minimum atomic E-state index is -0.937. The van der Waals surface area contributed by atoms with Crippen molar-refractivity contribution in [2.45, 2.75) is 0 Å². The first-order chi connectivity index (χ1) is 12.7. The third-order valence-electron chi connectivity index (χ3n) is 4.06. The van der Waals surface area contributed by atoms with E-state index in [1.165, 1.54) is 0 Å². The predicted octanol–water partition coefficient (Wildman–Crippen LogP) is 4.74. The van der Waals surface area contributed by atoms with Gasteiger partial charge in [-0.1, -0.05) is 30.3 Å². The number of benzene rings is 2. The number of nitrogens with one attached hydrogen (secondary N) is 1. The maximum Gasteiger partial charge on any atom is 0.335 e. The lowest BCUT2D eigenvalue weighted by molar-refractivity contribution is 0.0697. The van der Waals surface area contributed by atoms with Crippen LogP contribution < -0.4 is 5.32 Å². The van der Waals surface area contributed by atoms with Crippen molar-refractivity contribution in [3.63, 3.8) is 0 Å². The molecule has 0 aliphatic rings. The van der Waals surface area contributed by atoms with E-state index in [1.807, 2.05) is 54.6 Å². The van der Waals surface area contributed by atoms with Crippen LogP contribution in [0.25, 0.3) is 22.0 Å². The van der Waals surface area contributed by atoms with Gasteiger partial charge in [0.2, 0.25) is 0 Å². The van der Waals surface area contributed by atoms with Crippen LogP contribution in [-0.2, 0) is 0 Å². The fourth-order valence-electron chi connectivity index (χ4n) is 2.77. The van der Waals surface area contributed by atoms with E-state index in [4.69, 9.17) is 0 Å². The zero-order chi connectivity index (χ0) is 17.9. The largest absolute Gasteiger partial charge is 0.478 e. The van der Waals surface area contributed by atoms with Crippen LogP contribution in [0.4, 0.5) is 11.6 Å². The summed E-state index contributed by atoms with van der Waals surface area (Å²) in [4.78, 5) is 20.1. The molecule has 5 nitrogen and oxygen atoms in total. The van der Waals surface area contributed by atoms with Gasteiger partial charge < -0.3 is 10.4 Å². The van der Waals surface area contributed by atoms with Crippen LogP contribution in [0.2, 0.25) is 0 Å². The Balaban J connectivity index is 1.72. The number of hydrogen-bond acceptors (Lipinski definition) is 4. The Morgan fingerprint density at radius 1 is 0.846 bits per heavy atom. The highest BCUT2D eigenvalue weighted by Gasteiger charge is 2.07. The van der Waals surface area contributed by atoms with Crippen molar-refractivity contribution in [2.75, 3.05) is 5.32 Å². The molecular formula is C21H15N3O2. The minimum Gasteiger partial charge on any atom is -0.478 e. The molecule has 4 aromatic rings. The first-order valence-electron chi connectivity index (χ1n) is 8.12. The van der Waals surface area contributed by atoms with Crippen molar-refractivity contribution in [2.24, 2.45) is 0 Å². The topological polar surface area (TPSA) is 75.1 Å². The Bertz CT molecular complexity index is 1090. The maximum atomic E-state index is 11.2. The molecule has 2 aromatic heterocycles. The minimum absolute atomic E-state index is 0.265. The van der Waals surface area contributed by atoms with Gasteiger partial charge in [0.25, 0.3) is 0 Å². The van der Waals surface area contributed by atoms with E-state index in [-0.39, 0.29) is 5.56 Å². The van der Waals surface area contributed by atoms with Gasteiger partial charge in [-0.3, -0.25) is 0 Å². The summed E-state index contributed by atoms with van der Waals surface area (Å²) >= 11 is 0. The van der Waals surface area contributed by atoms with E-state index in [0.29, 0.717) is 5.82 Å². The molecule has 4 rings (SSSR count). The summed E-state index contributed by atoms with van der Waals surface area (Å²) in [5, 5.41) is 13.4. The van der Waals surface area contributed by atoms with Gasteiger partial charge in [0.15, 0.2) is 0 Å². The summed E-state index contributed by atoms with van der Waals surface area (Å²) in [5.41, 5.74) is 2.85. The van der Waals surface area contributed by atoms with E-state index >= 15 is 0 Å². The highest BCUT2D eigenvalue weighted by Crippen LogP contribution is 2.26. The molecule has 0 bridgehead atoms. The summed E-state index contributed by atoms with van der Waals surface area (Å²) in [6.45, 7) is 0. The van der Waals surface area contributed by atoms with Gasteiger partial charge in [0.1, 0.15) is 11.6 Å². The number of aromatic nitrogens is 2. The van der Waals surface area contributed by atoms with Crippen molar-refractivity contribution in [1.29, 1.82) is 0 Å². The fraction of sp³-hybridized carbons (Fsp3) is 0. The van der Waals surface area contributed by atoms with Crippen LogP contribution in [0.3, 0.4) is 0 Å². The molecule has 0 saturated carbocycles. The lowest BCUT2D eigenvalue weighted by Gasteiger charge is -2.08. The number of hydrogen-bond donors (Lipinski definition) is 2. The van der Waals surface area contributed by atoms with E-state index < -0.39 is 5.97 Å². The van der Waals surface area contributed by atoms with Gasteiger partial charge in [-0.2, -0.15) is 0 Å². The summed E-state index contributed by atoms with van der Waals surface area (Å²) in [5.74, 6) is 0.491. The highest BCUT2D eigenvalue weighted by molar-refractivity contribution is 5.91. The first kappa shape index (κ1) is 15.8. The average Bonchev–Trinajstić information content (AvgIpc) is 2.68. The monoisotopic (exact) mass is 341 g/mol. The Morgan fingerprint density at radius 3 is 2.50 bits per heavy atom. The Hall–Kier alpha value is -3.73. The molecule has 2 heterocycles. The number of fused-ring (bicyclic) bond motifs is 1. The van der Waals surface area contributed by atoms with Crippen LogP contribution in [0.1, 0.15) is 10.4 Å². The van der Waals surface area contributed by atoms with E-state index in [0.717, 1.165) is 27.8 Å². The average molecular weight is 341 g/mol. The van der Waals surface area contributed by atoms with Crippen LogP contribution >= 0.6 is 0 Å². The molecule has 0 atom stereocenters. The maximum absolute atomic E-state index is 11.2. The van der Waals surface area contributed by atoms with Gasteiger partial charge in [-0.05, 0) is 53.6 Å². The Morgan fingerprint density at radius 2 is 1.69 bits per heavy atom. The van der Waals surface area contributed by atoms with E-state index in [2.05, 4.69) is 15.3 Å². The summed E-state index contributed by atoms with van der Waals surface area (Å²) in [6, 6.07) is 22.3. The molecule has 2 N–H and O–H groups in total.